The van der Waals surface area contributed by atoms with Crippen LogP contribution in [0.2, 0.25) is 0 Å². The second kappa shape index (κ2) is 6.62. The number of nitrogens with zero attached hydrogens (tertiary/aromatic N) is 2. The van der Waals surface area contributed by atoms with Crippen molar-refractivity contribution in [1.82, 2.24) is 4.98 Å². The number of pyridine rings is 1. The van der Waals surface area contributed by atoms with Gasteiger partial charge in [-0.2, -0.15) is 0 Å². The van der Waals surface area contributed by atoms with Crippen molar-refractivity contribution in [2.45, 2.75) is 26.5 Å². The zero-order valence-electron chi connectivity index (χ0n) is 12.2. The first kappa shape index (κ1) is 16.0. The molecule has 22 heavy (non-hydrogen) atoms. The van der Waals surface area contributed by atoms with Crippen LogP contribution in [0.4, 0.5) is 8.78 Å². The summed E-state index contributed by atoms with van der Waals surface area (Å²) in [5.41, 5.74) is 1.40. The maximum absolute atomic E-state index is 13.7. The van der Waals surface area contributed by atoms with E-state index in [-0.39, 0.29) is 17.9 Å². The molecule has 1 aromatic heterocycles. The molecule has 1 heterocycles. The Kier molecular flexibility index (Phi) is 4.82. The van der Waals surface area contributed by atoms with Gasteiger partial charge in [0.1, 0.15) is 17.4 Å². The fraction of sp³-hybridized carbons (Fsp3) is 0.250. The lowest BCUT2D eigenvalue weighted by atomic mass is 10.1. The molecule has 2 aromatic rings. The van der Waals surface area contributed by atoms with Crippen molar-refractivity contribution < 1.29 is 19.0 Å². The second-order valence-corrected chi connectivity index (χ2v) is 4.91. The molecule has 2 rings (SSSR count). The molecule has 1 atom stereocenters. The Bertz CT molecular complexity index is 718. The number of benzene rings is 1. The smallest absolute Gasteiger partial charge is 0.145 e. The Morgan fingerprint density at radius 1 is 1.36 bits per heavy atom. The zero-order valence-corrected chi connectivity index (χ0v) is 12.2. The van der Waals surface area contributed by atoms with Crippen molar-refractivity contribution in [1.29, 1.82) is 0 Å². The number of aliphatic hydroxyl groups excluding tert-OH is 1. The van der Waals surface area contributed by atoms with Gasteiger partial charge in [-0.15, -0.1) is 0 Å². The Morgan fingerprint density at radius 2 is 2.09 bits per heavy atom. The van der Waals surface area contributed by atoms with Gasteiger partial charge in [-0.25, -0.2) is 8.78 Å². The van der Waals surface area contributed by atoms with Crippen molar-refractivity contribution in [2.75, 3.05) is 0 Å². The maximum Gasteiger partial charge on any atom is 0.145 e. The van der Waals surface area contributed by atoms with Gasteiger partial charge in [0, 0.05) is 35.2 Å². The fourth-order valence-electron chi connectivity index (χ4n) is 2.03. The number of halogens is 2. The lowest BCUT2D eigenvalue weighted by molar-refractivity contribution is 0.280. The van der Waals surface area contributed by atoms with Crippen LogP contribution in [0.15, 0.2) is 29.4 Å². The third-order valence-electron chi connectivity index (χ3n) is 3.37. The molecule has 0 unspecified atom stereocenters. The van der Waals surface area contributed by atoms with Crippen LogP contribution in [0.3, 0.4) is 0 Å². The first-order valence-electron chi connectivity index (χ1n) is 6.70. The van der Waals surface area contributed by atoms with E-state index >= 15 is 0 Å². The molecule has 0 aliphatic heterocycles. The van der Waals surface area contributed by atoms with Crippen molar-refractivity contribution in [2.24, 2.45) is 4.99 Å². The Balaban J connectivity index is 2.34. The van der Waals surface area contributed by atoms with Crippen LogP contribution in [0.1, 0.15) is 35.3 Å². The predicted octanol–water partition coefficient (Wildman–Crippen LogP) is 3.05. The number of aromatic nitrogens is 1. The van der Waals surface area contributed by atoms with Gasteiger partial charge < -0.3 is 10.2 Å². The summed E-state index contributed by atoms with van der Waals surface area (Å²) in [5, 5.41) is 19.3. The van der Waals surface area contributed by atoms with Crippen LogP contribution in [0.5, 0.6) is 5.75 Å². The summed E-state index contributed by atoms with van der Waals surface area (Å²) in [4.78, 5) is 8.13. The Labute approximate surface area is 126 Å². The summed E-state index contributed by atoms with van der Waals surface area (Å²) in [6.45, 7) is 2.97. The highest BCUT2D eigenvalue weighted by atomic mass is 19.1. The summed E-state index contributed by atoms with van der Waals surface area (Å²) in [6.07, 6.45) is 2.81. The molecule has 116 valence electrons. The fourth-order valence-corrected chi connectivity index (χ4v) is 2.03. The van der Waals surface area contributed by atoms with E-state index < -0.39 is 17.7 Å². The van der Waals surface area contributed by atoms with Crippen LogP contribution in [-0.2, 0) is 6.61 Å². The standard InChI is InChI=1S/C16H16F2N2O2/c1-9(13-4-3-12(17)5-15(13)18)20-7-14-11(8-21)6-19-10(2)16(14)22/h3-7,9,21-22H,8H2,1-2H3/t9-/m1/s1. The monoisotopic (exact) mass is 306 g/mol. The minimum atomic E-state index is -0.679. The van der Waals surface area contributed by atoms with E-state index in [2.05, 4.69) is 9.98 Å². The third-order valence-corrected chi connectivity index (χ3v) is 3.37. The van der Waals surface area contributed by atoms with Gasteiger partial charge in [0.2, 0.25) is 0 Å². The molecular weight excluding hydrogens is 290 g/mol. The van der Waals surface area contributed by atoms with Gasteiger partial charge in [-0.3, -0.25) is 9.98 Å². The normalized spacial score (nSPS) is 12.8. The van der Waals surface area contributed by atoms with Gasteiger partial charge in [-0.05, 0) is 19.9 Å². The first-order chi connectivity index (χ1) is 10.4. The molecule has 0 aliphatic rings. The number of aryl methyl sites for hydroxylation is 1. The van der Waals surface area contributed by atoms with E-state index in [9.17, 15) is 19.0 Å². The molecule has 0 aliphatic carbocycles. The minimum Gasteiger partial charge on any atom is -0.505 e. The average Bonchev–Trinajstić information content (AvgIpc) is 2.48. The molecule has 0 fully saturated rings. The number of rotatable bonds is 4. The highest BCUT2D eigenvalue weighted by Crippen LogP contribution is 2.25. The summed E-state index contributed by atoms with van der Waals surface area (Å²) >= 11 is 0. The largest absolute Gasteiger partial charge is 0.505 e. The molecule has 0 amide bonds. The molecule has 0 saturated heterocycles. The van der Waals surface area contributed by atoms with Crippen molar-refractivity contribution in [3.63, 3.8) is 0 Å². The van der Waals surface area contributed by atoms with E-state index in [1.54, 1.807) is 13.8 Å². The Hall–Kier alpha value is -2.34. The van der Waals surface area contributed by atoms with Crippen molar-refractivity contribution >= 4 is 6.21 Å². The molecule has 1 aromatic carbocycles. The molecule has 2 N–H and O–H groups in total. The zero-order chi connectivity index (χ0) is 16.3. The number of aliphatic imine (C=N–C) groups is 1. The highest BCUT2D eigenvalue weighted by molar-refractivity contribution is 5.85. The summed E-state index contributed by atoms with van der Waals surface area (Å²) in [7, 11) is 0. The van der Waals surface area contributed by atoms with E-state index in [0.29, 0.717) is 16.8 Å². The maximum atomic E-state index is 13.7. The lowest BCUT2D eigenvalue weighted by Crippen LogP contribution is -2.00. The number of hydrogen-bond acceptors (Lipinski definition) is 4. The molecule has 4 nitrogen and oxygen atoms in total. The molecule has 6 heteroatoms. The third kappa shape index (κ3) is 3.28. The van der Waals surface area contributed by atoms with E-state index in [4.69, 9.17) is 0 Å². The average molecular weight is 306 g/mol. The van der Waals surface area contributed by atoms with E-state index in [1.165, 1.54) is 18.5 Å². The SMILES string of the molecule is Cc1ncc(CO)c(C=N[C@H](C)c2ccc(F)cc2F)c1O. The van der Waals surface area contributed by atoms with Gasteiger partial charge in [0.25, 0.3) is 0 Å². The van der Waals surface area contributed by atoms with Crippen LogP contribution in [0, 0.1) is 18.6 Å². The van der Waals surface area contributed by atoms with Crippen LogP contribution < -0.4 is 0 Å². The molecule has 0 radical (unpaired) electrons. The van der Waals surface area contributed by atoms with E-state index in [0.717, 1.165) is 12.1 Å². The highest BCUT2D eigenvalue weighted by Gasteiger charge is 2.12. The van der Waals surface area contributed by atoms with Crippen LogP contribution >= 0.6 is 0 Å². The van der Waals surface area contributed by atoms with Gasteiger partial charge in [-0.1, -0.05) is 6.07 Å². The lowest BCUT2D eigenvalue weighted by Gasteiger charge is -2.10. The van der Waals surface area contributed by atoms with Gasteiger partial charge in [0.15, 0.2) is 0 Å². The second-order valence-electron chi connectivity index (χ2n) is 4.91. The van der Waals surface area contributed by atoms with Crippen molar-refractivity contribution in [3.8, 4) is 5.75 Å². The van der Waals surface area contributed by atoms with Crippen LogP contribution in [-0.4, -0.2) is 21.4 Å². The first-order valence-corrected chi connectivity index (χ1v) is 6.70. The summed E-state index contributed by atoms with van der Waals surface area (Å²) in [5.74, 6) is -1.41. The summed E-state index contributed by atoms with van der Waals surface area (Å²) < 4.78 is 26.6. The number of aromatic hydroxyl groups is 1. The minimum absolute atomic E-state index is 0.0814. The molecule has 0 saturated carbocycles. The number of hydrogen-bond donors (Lipinski definition) is 2. The molecule has 0 spiro atoms. The Morgan fingerprint density at radius 3 is 2.73 bits per heavy atom. The number of aliphatic hydroxyl groups is 1. The van der Waals surface area contributed by atoms with E-state index in [1.807, 2.05) is 0 Å². The van der Waals surface area contributed by atoms with Gasteiger partial charge in [0.05, 0.1) is 18.3 Å². The molecular formula is C16H16F2N2O2. The van der Waals surface area contributed by atoms with Gasteiger partial charge >= 0.3 is 0 Å². The summed E-state index contributed by atoms with van der Waals surface area (Å²) in [6, 6.07) is 2.73. The quantitative estimate of drug-likeness (QED) is 0.853. The predicted molar refractivity (Wildman–Crippen MR) is 78.9 cm³/mol. The molecule has 0 bridgehead atoms. The topological polar surface area (TPSA) is 65.7 Å². The van der Waals surface area contributed by atoms with Crippen molar-refractivity contribution in [3.05, 3.63) is 58.4 Å². The van der Waals surface area contributed by atoms with Crippen LogP contribution in [0.25, 0.3) is 0 Å².